The highest BCUT2D eigenvalue weighted by Crippen LogP contribution is 2.33. The fourth-order valence-corrected chi connectivity index (χ4v) is 4.69. The number of H-pyrrole nitrogens is 1. The van der Waals surface area contributed by atoms with Gasteiger partial charge in [0, 0.05) is 17.3 Å². The molecule has 0 saturated carbocycles. The van der Waals surface area contributed by atoms with Gasteiger partial charge in [-0.05, 0) is 24.6 Å². The number of sulfone groups is 1. The zero-order chi connectivity index (χ0) is 16.9. The topological polar surface area (TPSA) is 105 Å². The van der Waals surface area contributed by atoms with Crippen molar-refractivity contribution >= 4 is 26.8 Å². The van der Waals surface area contributed by atoms with E-state index >= 15 is 0 Å². The molecule has 1 aliphatic rings. The van der Waals surface area contributed by atoms with Gasteiger partial charge in [-0.1, -0.05) is 18.2 Å². The molecular formula is C16H14N4O3S. The van der Waals surface area contributed by atoms with Crippen molar-refractivity contribution in [3.8, 4) is 0 Å². The lowest BCUT2D eigenvalue weighted by Gasteiger charge is -2.12. The van der Waals surface area contributed by atoms with E-state index in [-0.39, 0.29) is 16.6 Å². The van der Waals surface area contributed by atoms with Gasteiger partial charge in [-0.3, -0.25) is 9.89 Å². The van der Waals surface area contributed by atoms with Gasteiger partial charge < -0.3 is 5.32 Å². The van der Waals surface area contributed by atoms with Crippen molar-refractivity contribution < 1.29 is 13.2 Å². The number of aromatic nitrogens is 3. The quantitative estimate of drug-likeness (QED) is 0.735. The highest BCUT2D eigenvalue weighted by molar-refractivity contribution is 7.91. The summed E-state index contributed by atoms with van der Waals surface area (Å²) in [7, 11) is -3.36. The van der Waals surface area contributed by atoms with Crippen molar-refractivity contribution in [2.45, 2.75) is 17.9 Å². The average molecular weight is 342 g/mol. The summed E-state index contributed by atoms with van der Waals surface area (Å²) in [5.41, 5.74) is 2.35. The molecule has 1 unspecified atom stereocenters. The molecule has 2 aromatic heterocycles. The van der Waals surface area contributed by atoms with Gasteiger partial charge in [-0.15, -0.1) is 0 Å². The molecule has 8 heteroatoms. The third-order valence-electron chi connectivity index (χ3n) is 4.18. The lowest BCUT2D eigenvalue weighted by Crippen LogP contribution is -2.29. The van der Waals surface area contributed by atoms with Crippen LogP contribution in [0.4, 0.5) is 0 Å². The second-order valence-corrected chi connectivity index (χ2v) is 7.79. The molecule has 3 aromatic rings. The summed E-state index contributed by atoms with van der Waals surface area (Å²) < 4.78 is 24.4. The molecule has 2 N–H and O–H groups in total. The van der Waals surface area contributed by atoms with Crippen molar-refractivity contribution in [3.63, 3.8) is 0 Å². The number of nitrogens with one attached hydrogen (secondary N) is 2. The molecule has 1 atom stereocenters. The molecule has 7 nitrogen and oxygen atoms in total. The smallest absolute Gasteiger partial charge is 0.253 e. The first-order valence-electron chi connectivity index (χ1n) is 7.39. The molecule has 0 bridgehead atoms. The van der Waals surface area contributed by atoms with Gasteiger partial charge in [-0.25, -0.2) is 13.4 Å². The van der Waals surface area contributed by atoms with E-state index in [1.54, 1.807) is 30.3 Å². The predicted molar refractivity (Wildman–Crippen MR) is 87.3 cm³/mol. The van der Waals surface area contributed by atoms with E-state index < -0.39 is 15.9 Å². The number of carbonyl (C=O) groups excluding carboxylic acids is 1. The molecule has 3 heterocycles. The number of hydrogen-bond donors (Lipinski definition) is 2. The number of fused-ring (bicyclic) bond motifs is 2. The van der Waals surface area contributed by atoms with Gasteiger partial charge in [0.05, 0.1) is 22.3 Å². The van der Waals surface area contributed by atoms with Crippen LogP contribution < -0.4 is 5.32 Å². The SMILES string of the molecule is Cc1[nH]nc2ncc(C(=O)NC3CS(=O)(=O)c4ccccc43)cc12. The Bertz CT molecular complexity index is 1070. The number of aromatic amines is 1. The van der Waals surface area contributed by atoms with Gasteiger partial charge in [0.25, 0.3) is 5.91 Å². The molecule has 0 spiro atoms. The van der Waals surface area contributed by atoms with E-state index in [2.05, 4.69) is 20.5 Å². The Labute approximate surface area is 138 Å². The van der Waals surface area contributed by atoms with Gasteiger partial charge in [0.15, 0.2) is 15.5 Å². The van der Waals surface area contributed by atoms with Crippen LogP contribution in [0.25, 0.3) is 11.0 Å². The van der Waals surface area contributed by atoms with Crippen LogP contribution in [0.15, 0.2) is 41.4 Å². The minimum absolute atomic E-state index is 0.126. The lowest BCUT2D eigenvalue weighted by molar-refractivity contribution is 0.0940. The van der Waals surface area contributed by atoms with E-state index in [1.165, 1.54) is 6.20 Å². The van der Waals surface area contributed by atoms with Crippen LogP contribution in [-0.2, 0) is 9.84 Å². The number of carbonyl (C=O) groups is 1. The zero-order valence-corrected chi connectivity index (χ0v) is 13.6. The summed E-state index contributed by atoms with van der Waals surface area (Å²) in [4.78, 5) is 17.0. The molecule has 0 radical (unpaired) electrons. The maximum Gasteiger partial charge on any atom is 0.253 e. The Morgan fingerprint density at radius 2 is 2.12 bits per heavy atom. The van der Waals surface area contributed by atoms with Crippen molar-refractivity contribution in [2.75, 3.05) is 5.75 Å². The van der Waals surface area contributed by atoms with E-state index in [1.807, 2.05) is 6.92 Å². The Morgan fingerprint density at radius 3 is 2.96 bits per heavy atom. The first kappa shape index (κ1) is 14.8. The summed E-state index contributed by atoms with van der Waals surface area (Å²) >= 11 is 0. The normalized spacial score (nSPS) is 18.5. The second kappa shape index (κ2) is 5.13. The highest BCUT2D eigenvalue weighted by Gasteiger charge is 2.35. The number of nitrogens with zero attached hydrogens (tertiary/aromatic N) is 2. The van der Waals surface area contributed by atoms with Crippen LogP contribution >= 0.6 is 0 Å². The highest BCUT2D eigenvalue weighted by atomic mass is 32.2. The minimum Gasteiger partial charge on any atom is -0.344 e. The van der Waals surface area contributed by atoms with Crippen LogP contribution in [-0.4, -0.2) is 35.3 Å². The van der Waals surface area contributed by atoms with Crippen LogP contribution in [0.5, 0.6) is 0 Å². The lowest BCUT2D eigenvalue weighted by atomic mass is 10.1. The maximum atomic E-state index is 12.5. The van der Waals surface area contributed by atoms with Crippen molar-refractivity contribution in [1.82, 2.24) is 20.5 Å². The fraction of sp³-hybridized carbons (Fsp3) is 0.188. The predicted octanol–water partition coefficient (Wildman–Crippen LogP) is 1.52. The Morgan fingerprint density at radius 1 is 1.33 bits per heavy atom. The maximum absolute atomic E-state index is 12.5. The van der Waals surface area contributed by atoms with Gasteiger partial charge in [-0.2, -0.15) is 5.10 Å². The molecule has 24 heavy (non-hydrogen) atoms. The second-order valence-electron chi connectivity index (χ2n) is 5.79. The standard InChI is InChI=1S/C16H14N4O3S/c1-9-12-6-10(7-17-15(12)20-19-9)16(21)18-13-8-24(22,23)14-5-3-2-4-11(13)14/h2-7,13H,8H2,1H3,(H,18,21)(H,17,19,20). The van der Waals surface area contributed by atoms with Crippen molar-refractivity contribution in [3.05, 3.63) is 53.3 Å². The van der Waals surface area contributed by atoms with Crippen LogP contribution in [0.1, 0.15) is 27.7 Å². The van der Waals surface area contributed by atoms with Gasteiger partial charge in [0.2, 0.25) is 0 Å². The average Bonchev–Trinajstić information content (AvgIpc) is 3.06. The number of rotatable bonds is 2. The molecule has 0 fully saturated rings. The van der Waals surface area contributed by atoms with Gasteiger partial charge in [0.1, 0.15) is 0 Å². The van der Waals surface area contributed by atoms with E-state index in [9.17, 15) is 13.2 Å². The fourth-order valence-electron chi connectivity index (χ4n) is 2.96. The summed E-state index contributed by atoms with van der Waals surface area (Å²) in [6.45, 7) is 1.85. The van der Waals surface area contributed by atoms with E-state index in [0.29, 0.717) is 16.8 Å². The molecular weight excluding hydrogens is 328 g/mol. The van der Waals surface area contributed by atoms with Crippen LogP contribution in [0.3, 0.4) is 0 Å². The summed E-state index contributed by atoms with van der Waals surface area (Å²) in [5.74, 6) is -0.486. The zero-order valence-electron chi connectivity index (χ0n) is 12.8. The van der Waals surface area contributed by atoms with Crippen molar-refractivity contribution in [2.24, 2.45) is 0 Å². The summed E-state index contributed by atoms with van der Waals surface area (Å²) in [5, 5.41) is 10.4. The van der Waals surface area contributed by atoms with Crippen LogP contribution in [0, 0.1) is 6.92 Å². The molecule has 1 aliphatic heterocycles. The number of amides is 1. The molecule has 1 aromatic carbocycles. The third kappa shape index (κ3) is 2.26. The summed E-state index contributed by atoms with van der Waals surface area (Å²) in [6, 6.07) is 7.89. The summed E-state index contributed by atoms with van der Waals surface area (Å²) in [6.07, 6.45) is 1.44. The number of hydrogen-bond acceptors (Lipinski definition) is 5. The Balaban J connectivity index is 1.66. The first-order chi connectivity index (χ1) is 11.5. The number of aryl methyl sites for hydroxylation is 1. The number of benzene rings is 1. The number of pyridine rings is 1. The van der Waals surface area contributed by atoms with Crippen molar-refractivity contribution in [1.29, 1.82) is 0 Å². The van der Waals surface area contributed by atoms with Gasteiger partial charge >= 0.3 is 0 Å². The first-order valence-corrected chi connectivity index (χ1v) is 9.04. The largest absolute Gasteiger partial charge is 0.344 e. The third-order valence-corrected chi connectivity index (χ3v) is 6.00. The Hall–Kier alpha value is -2.74. The van der Waals surface area contributed by atoms with Crippen LogP contribution in [0.2, 0.25) is 0 Å². The van der Waals surface area contributed by atoms with E-state index in [4.69, 9.17) is 0 Å². The monoisotopic (exact) mass is 342 g/mol. The molecule has 1 amide bonds. The molecule has 0 aliphatic carbocycles. The minimum atomic E-state index is -3.36. The Kier molecular flexibility index (Phi) is 3.17. The van der Waals surface area contributed by atoms with E-state index in [0.717, 1.165) is 11.1 Å². The molecule has 122 valence electrons. The molecule has 0 saturated heterocycles. The molecule has 4 rings (SSSR count).